The molecule has 1 atom stereocenters. The maximum absolute atomic E-state index is 5.60. The average molecular weight is 294 g/mol. The molecule has 1 aromatic rings. The number of nitrogens with zero attached hydrogens (tertiary/aromatic N) is 2. The molecule has 5 heteroatoms. The van der Waals surface area contributed by atoms with Crippen molar-refractivity contribution in [2.75, 3.05) is 33.2 Å². The quantitative estimate of drug-likeness (QED) is 0.418. The molecule has 0 fully saturated rings. The number of aliphatic imine (C=N–C) groups is 1. The number of nitrogens with one attached hydrogen (secondary N) is 2. The Kier molecular flexibility index (Phi) is 8.59. The van der Waals surface area contributed by atoms with Crippen molar-refractivity contribution in [3.05, 3.63) is 24.2 Å². The SMILES string of the molecule is CCCCNC(=NC)NCC(c1ccco1)N(CC)CC. The van der Waals surface area contributed by atoms with Crippen molar-refractivity contribution in [2.24, 2.45) is 4.99 Å². The summed E-state index contributed by atoms with van der Waals surface area (Å²) < 4.78 is 5.60. The third kappa shape index (κ3) is 5.79. The van der Waals surface area contributed by atoms with E-state index in [0.29, 0.717) is 0 Å². The smallest absolute Gasteiger partial charge is 0.191 e. The minimum atomic E-state index is 0.222. The second kappa shape index (κ2) is 10.3. The number of unbranched alkanes of at least 4 members (excludes halogenated alkanes) is 1. The maximum atomic E-state index is 5.60. The van der Waals surface area contributed by atoms with Crippen LogP contribution in [0.25, 0.3) is 0 Å². The van der Waals surface area contributed by atoms with E-state index in [4.69, 9.17) is 4.42 Å². The highest BCUT2D eigenvalue weighted by molar-refractivity contribution is 5.79. The first-order valence-corrected chi connectivity index (χ1v) is 7.98. The van der Waals surface area contributed by atoms with E-state index in [1.165, 1.54) is 6.42 Å². The van der Waals surface area contributed by atoms with E-state index in [2.05, 4.69) is 41.3 Å². The number of guanidine groups is 1. The lowest BCUT2D eigenvalue weighted by Gasteiger charge is -2.28. The fourth-order valence-corrected chi connectivity index (χ4v) is 2.35. The molecule has 120 valence electrons. The third-order valence-corrected chi connectivity index (χ3v) is 3.63. The van der Waals surface area contributed by atoms with E-state index in [0.717, 1.165) is 44.3 Å². The van der Waals surface area contributed by atoms with Crippen molar-refractivity contribution in [3.63, 3.8) is 0 Å². The van der Waals surface area contributed by atoms with Gasteiger partial charge in [-0.1, -0.05) is 27.2 Å². The summed E-state index contributed by atoms with van der Waals surface area (Å²) in [6, 6.07) is 4.21. The second-order valence-corrected chi connectivity index (χ2v) is 4.99. The molecule has 0 aliphatic carbocycles. The molecule has 0 aliphatic heterocycles. The van der Waals surface area contributed by atoms with Gasteiger partial charge >= 0.3 is 0 Å². The van der Waals surface area contributed by atoms with Crippen molar-refractivity contribution >= 4 is 5.96 Å². The number of furan rings is 1. The van der Waals surface area contributed by atoms with Crippen LogP contribution in [0.15, 0.2) is 27.8 Å². The van der Waals surface area contributed by atoms with Crippen LogP contribution >= 0.6 is 0 Å². The van der Waals surface area contributed by atoms with Crippen LogP contribution in [0.1, 0.15) is 45.4 Å². The van der Waals surface area contributed by atoms with E-state index in [9.17, 15) is 0 Å². The lowest BCUT2D eigenvalue weighted by atomic mass is 10.2. The summed E-state index contributed by atoms with van der Waals surface area (Å²) in [7, 11) is 1.81. The molecular formula is C16H30N4O. The first-order valence-electron chi connectivity index (χ1n) is 7.98. The van der Waals surface area contributed by atoms with Crippen LogP contribution in [0, 0.1) is 0 Å². The molecule has 0 amide bonds. The molecule has 1 heterocycles. The Balaban J connectivity index is 2.60. The number of likely N-dealkylation sites (N-methyl/N-ethyl adjacent to an activating group) is 1. The molecule has 0 bridgehead atoms. The predicted molar refractivity (Wildman–Crippen MR) is 88.6 cm³/mol. The zero-order chi connectivity index (χ0) is 15.5. The van der Waals surface area contributed by atoms with Gasteiger partial charge in [-0.3, -0.25) is 9.89 Å². The van der Waals surface area contributed by atoms with Crippen molar-refractivity contribution < 1.29 is 4.42 Å². The van der Waals surface area contributed by atoms with Gasteiger partial charge in [-0.05, 0) is 31.6 Å². The zero-order valence-electron chi connectivity index (χ0n) is 13.9. The van der Waals surface area contributed by atoms with Gasteiger partial charge in [0.05, 0.1) is 12.3 Å². The molecular weight excluding hydrogens is 264 g/mol. The van der Waals surface area contributed by atoms with Gasteiger partial charge in [-0.2, -0.15) is 0 Å². The second-order valence-electron chi connectivity index (χ2n) is 4.99. The molecule has 0 radical (unpaired) electrons. The van der Waals surface area contributed by atoms with Crippen LogP contribution in [-0.2, 0) is 0 Å². The number of hydrogen-bond acceptors (Lipinski definition) is 3. The monoisotopic (exact) mass is 294 g/mol. The van der Waals surface area contributed by atoms with Crippen LogP contribution in [-0.4, -0.2) is 44.1 Å². The Labute approximate surface area is 128 Å². The van der Waals surface area contributed by atoms with E-state index >= 15 is 0 Å². The van der Waals surface area contributed by atoms with E-state index in [1.54, 1.807) is 13.3 Å². The van der Waals surface area contributed by atoms with Crippen molar-refractivity contribution in [2.45, 2.75) is 39.7 Å². The van der Waals surface area contributed by atoms with Crippen LogP contribution in [0.4, 0.5) is 0 Å². The summed E-state index contributed by atoms with van der Waals surface area (Å²) in [6.45, 7) is 10.2. The highest BCUT2D eigenvalue weighted by Gasteiger charge is 2.20. The highest BCUT2D eigenvalue weighted by Crippen LogP contribution is 2.20. The third-order valence-electron chi connectivity index (χ3n) is 3.63. The average Bonchev–Trinajstić information content (AvgIpc) is 3.03. The Morgan fingerprint density at radius 2 is 2.05 bits per heavy atom. The Hall–Kier alpha value is -1.49. The molecule has 1 rings (SSSR count). The van der Waals surface area contributed by atoms with Gasteiger partial charge in [0, 0.05) is 20.1 Å². The summed E-state index contributed by atoms with van der Waals surface area (Å²) in [5.41, 5.74) is 0. The predicted octanol–water partition coefficient (Wildman–Crippen LogP) is 2.63. The van der Waals surface area contributed by atoms with Crippen molar-refractivity contribution in [1.82, 2.24) is 15.5 Å². The highest BCUT2D eigenvalue weighted by atomic mass is 16.3. The Morgan fingerprint density at radius 3 is 2.57 bits per heavy atom. The topological polar surface area (TPSA) is 52.8 Å². The van der Waals surface area contributed by atoms with E-state index < -0.39 is 0 Å². The summed E-state index contributed by atoms with van der Waals surface area (Å²) in [6.07, 6.45) is 4.07. The van der Waals surface area contributed by atoms with Gasteiger partial charge in [-0.25, -0.2) is 0 Å². The zero-order valence-corrected chi connectivity index (χ0v) is 13.9. The van der Waals surface area contributed by atoms with Gasteiger partial charge in [0.2, 0.25) is 0 Å². The summed E-state index contributed by atoms with van der Waals surface area (Å²) in [5.74, 6) is 1.85. The molecule has 1 aromatic heterocycles. The first kappa shape index (κ1) is 17.6. The lowest BCUT2D eigenvalue weighted by Crippen LogP contribution is -2.43. The lowest BCUT2D eigenvalue weighted by molar-refractivity contribution is 0.193. The molecule has 5 nitrogen and oxygen atoms in total. The molecule has 21 heavy (non-hydrogen) atoms. The standard InChI is InChI=1S/C16H30N4O/c1-5-8-11-18-16(17-4)19-13-14(20(6-2)7-3)15-10-9-12-21-15/h9-10,12,14H,5-8,11,13H2,1-4H3,(H2,17,18,19). The van der Waals surface area contributed by atoms with E-state index in [-0.39, 0.29) is 6.04 Å². The first-order chi connectivity index (χ1) is 10.3. The van der Waals surface area contributed by atoms with Gasteiger partial charge in [-0.15, -0.1) is 0 Å². The van der Waals surface area contributed by atoms with Crippen LogP contribution in [0.5, 0.6) is 0 Å². The van der Waals surface area contributed by atoms with Crippen LogP contribution < -0.4 is 10.6 Å². The minimum Gasteiger partial charge on any atom is -0.468 e. The van der Waals surface area contributed by atoms with E-state index in [1.807, 2.05) is 12.1 Å². The normalized spacial score (nSPS) is 13.5. The van der Waals surface area contributed by atoms with Crippen LogP contribution in [0.2, 0.25) is 0 Å². The summed E-state index contributed by atoms with van der Waals surface area (Å²) in [5, 5.41) is 6.74. The Bertz CT molecular complexity index is 385. The largest absolute Gasteiger partial charge is 0.468 e. The summed E-state index contributed by atoms with van der Waals surface area (Å²) in [4.78, 5) is 6.65. The number of hydrogen-bond donors (Lipinski definition) is 2. The van der Waals surface area contributed by atoms with Crippen LogP contribution in [0.3, 0.4) is 0 Å². The fourth-order valence-electron chi connectivity index (χ4n) is 2.35. The molecule has 0 aliphatic rings. The van der Waals surface area contributed by atoms with Gasteiger partial charge < -0.3 is 15.1 Å². The molecule has 0 aromatic carbocycles. The molecule has 0 spiro atoms. The maximum Gasteiger partial charge on any atom is 0.191 e. The van der Waals surface area contributed by atoms with Gasteiger partial charge in [0.1, 0.15) is 5.76 Å². The fraction of sp³-hybridized carbons (Fsp3) is 0.688. The van der Waals surface area contributed by atoms with Crippen molar-refractivity contribution in [3.8, 4) is 0 Å². The molecule has 1 unspecified atom stereocenters. The van der Waals surface area contributed by atoms with Crippen molar-refractivity contribution in [1.29, 1.82) is 0 Å². The minimum absolute atomic E-state index is 0.222. The summed E-state index contributed by atoms with van der Waals surface area (Å²) >= 11 is 0. The van der Waals surface area contributed by atoms with Gasteiger partial charge in [0.15, 0.2) is 5.96 Å². The molecule has 0 saturated carbocycles. The Morgan fingerprint density at radius 1 is 1.29 bits per heavy atom. The molecule has 0 saturated heterocycles. The molecule has 2 N–H and O–H groups in total. The van der Waals surface area contributed by atoms with Gasteiger partial charge in [0.25, 0.3) is 0 Å². The number of rotatable bonds is 9.